The first-order chi connectivity index (χ1) is 12.6. The Labute approximate surface area is 158 Å². The summed E-state index contributed by atoms with van der Waals surface area (Å²) < 4.78 is 13.1. The maximum atomic E-state index is 11.7. The van der Waals surface area contributed by atoms with Crippen LogP contribution in [0.5, 0.6) is 17.2 Å². The summed E-state index contributed by atoms with van der Waals surface area (Å²) in [5.41, 5.74) is 7.34. The van der Waals surface area contributed by atoms with Crippen LogP contribution in [0, 0.1) is 0 Å². The number of pyridine rings is 1. The maximum absolute atomic E-state index is 11.7. The number of amides is 1. The van der Waals surface area contributed by atoms with Gasteiger partial charge in [-0.15, -0.1) is 0 Å². The average molecular weight is 417 g/mol. The quantitative estimate of drug-likeness (QED) is 0.597. The Bertz CT molecular complexity index is 926. The van der Waals surface area contributed by atoms with Crippen molar-refractivity contribution in [1.82, 2.24) is 14.8 Å². The van der Waals surface area contributed by atoms with Crippen LogP contribution in [0.4, 0.5) is 0 Å². The minimum atomic E-state index is -0.578. The number of hydrogen-bond donors (Lipinski definition) is 1. The van der Waals surface area contributed by atoms with E-state index in [0.717, 1.165) is 11.3 Å². The zero-order valence-corrected chi connectivity index (χ0v) is 15.6. The number of ether oxygens (including phenoxy) is 2. The normalized spacial score (nSPS) is 10.5. The van der Waals surface area contributed by atoms with E-state index in [4.69, 9.17) is 15.2 Å². The van der Waals surface area contributed by atoms with Crippen molar-refractivity contribution >= 4 is 21.8 Å². The molecule has 7 nitrogen and oxygen atoms in total. The zero-order valence-electron chi connectivity index (χ0n) is 14.1. The molecule has 0 saturated carbocycles. The number of halogens is 1. The second-order valence-electron chi connectivity index (χ2n) is 5.44. The predicted molar refractivity (Wildman–Crippen MR) is 101 cm³/mol. The Hall–Kier alpha value is -2.87. The first kappa shape index (κ1) is 17.9. The van der Waals surface area contributed by atoms with Crippen molar-refractivity contribution in [1.29, 1.82) is 0 Å². The minimum absolute atomic E-state index is 0.269. The number of hydrogen-bond acceptors (Lipinski definition) is 5. The number of nitrogens with two attached hydrogens (primary N) is 1. The van der Waals surface area contributed by atoms with Gasteiger partial charge in [-0.2, -0.15) is 5.10 Å². The van der Waals surface area contributed by atoms with Crippen molar-refractivity contribution in [3.63, 3.8) is 0 Å². The highest BCUT2D eigenvalue weighted by Gasteiger charge is 2.12. The second kappa shape index (κ2) is 8.01. The SMILES string of the molecule is Cn1cc(-c2cc(Oc3ccc(OCCBr)c(C(N)=O)c3)ccn2)cn1. The lowest BCUT2D eigenvalue weighted by Crippen LogP contribution is -2.13. The summed E-state index contributed by atoms with van der Waals surface area (Å²) in [6, 6.07) is 8.49. The summed E-state index contributed by atoms with van der Waals surface area (Å²) in [6.45, 7) is 0.430. The molecule has 0 atom stereocenters. The monoisotopic (exact) mass is 416 g/mol. The fourth-order valence-corrected chi connectivity index (χ4v) is 2.52. The van der Waals surface area contributed by atoms with Crippen LogP contribution >= 0.6 is 15.9 Å². The molecule has 3 aromatic rings. The van der Waals surface area contributed by atoms with Gasteiger partial charge in [-0.05, 0) is 24.3 Å². The molecule has 0 unspecified atom stereocenters. The van der Waals surface area contributed by atoms with E-state index < -0.39 is 5.91 Å². The van der Waals surface area contributed by atoms with Gasteiger partial charge in [0.1, 0.15) is 17.2 Å². The molecule has 0 aliphatic rings. The Morgan fingerprint density at radius 2 is 2.08 bits per heavy atom. The van der Waals surface area contributed by atoms with Crippen LogP contribution in [-0.2, 0) is 7.05 Å². The van der Waals surface area contributed by atoms with Gasteiger partial charge in [-0.25, -0.2) is 0 Å². The maximum Gasteiger partial charge on any atom is 0.252 e. The molecule has 2 N–H and O–H groups in total. The smallest absolute Gasteiger partial charge is 0.252 e. The number of aryl methyl sites for hydroxylation is 1. The molecule has 1 amide bonds. The number of alkyl halides is 1. The third-order valence-corrected chi connectivity index (χ3v) is 3.84. The molecule has 2 aromatic heterocycles. The first-order valence-electron chi connectivity index (χ1n) is 7.82. The second-order valence-corrected chi connectivity index (χ2v) is 6.23. The standard InChI is InChI=1S/C18H17BrN4O3/c1-23-11-12(10-22-23)16-9-14(4-6-21-16)26-13-2-3-17(25-7-5-19)15(8-13)18(20)24/h2-4,6,8-11H,5,7H2,1H3,(H2,20,24). The summed E-state index contributed by atoms with van der Waals surface area (Å²) in [7, 11) is 1.84. The summed E-state index contributed by atoms with van der Waals surface area (Å²) in [5, 5.41) is 4.79. The molecular weight excluding hydrogens is 400 g/mol. The molecule has 0 spiro atoms. The van der Waals surface area contributed by atoms with Gasteiger partial charge >= 0.3 is 0 Å². The van der Waals surface area contributed by atoms with Crippen molar-refractivity contribution in [2.75, 3.05) is 11.9 Å². The predicted octanol–water partition coefficient (Wildman–Crippen LogP) is 3.15. The Balaban J connectivity index is 1.84. The molecule has 0 saturated heterocycles. The lowest BCUT2D eigenvalue weighted by molar-refractivity contribution is 0.0996. The molecule has 0 aliphatic carbocycles. The summed E-state index contributed by atoms with van der Waals surface area (Å²) in [6.07, 6.45) is 5.25. The van der Waals surface area contributed by atoms with Crippen molar-refractivity contribution < 1.29 is 14.3 Å². The van der Waals surface area contributed by atoms with Crippen molar-refractivity contribution in [2.24, 2.45) is 12.8 Å². The van der Waals surface area contributed by atoms with E-state index in [2.05, 4.69) is 26.0 Å². The van der Waals surface area contributed by atoms with Gasteiger partial charge in [0.2, 0.25) is 0 Å². The Kier molecular flexibility index (Phi) is 5.52. The highest BCUT2D eigenvalue weighted by molar-refractivity contribution is 9.09. The molecule has 0 aliphatic heterocycles. The minimum Gasteiger partial charge on any atom is -0.492 e. The van der Waals surface area contributed by atoms with E-state index in [0.29, 0.717) is 29.2 Å². The average Bonchev–Trinajstić information content (AvgIpc) is 3.07. The number of primary amides is 1. The van der Waals surface area contributed by atoms with Crippen LogP contribution < -0.4 is 15.2 Å². The van der Waals surface area contributed by atoms with E-state index in [1.165, 1.54) is 0 Å². The van der Waals surface area contributed by atoms with Crippen LogP contribution in [-0.4, -0.2) is 32.6 Å². The van der Waals surface area contributed by atoms with E-state index in [1.54, 1.807) is 47.4 Å². The molecule has 26 heavy (non-hydrogen) atoms. The highest BCUT2D eigenvalue weighted by atomic mass is 79.9. The number of benzene rings is 1. The first-order valence-corrected chi connectivity index (χ1v) is 8.94. The van der Waals surface area contributed by atoms with Crippen LogP contribution in [0.3, 0.4) is 0 Å². The number of nitrogens with zero attached hydrogens (tertiary/aromatic N) is 3. The van der Waals surface area contributed by atoms with E-state index in [-0.39, 0.29) is 5.56 Å². The molecular formula is C18H17BrN4O3. The van der Waals surface area contributed by atoms with Crippen LogP contribution in [0.25, 0.3) is 11.3 Å². The summed E-state index contributed by atoms with van der Waals surface area (Å²) in [5.74, 6) is 0.914. The molecule has 8 heteroatoms. The van der Waals surface area contributed by atoms with Crippen molar-refractivity contribution in [3.8, 4) is 28.5 Å². The lowest BCUT2D eigenvalue weighted by atomic mass is 10.2. The lowest BCUT2D eigenvalue weighted by Gasteiger charge is -2.11. The van der Waals surface area contributed by atoms with Gasteiger partial charge in [-0.3, -0.25) is 14.5 Å². The Morgan fingerprint density at radius 3 is 2.77 bits per heavy atom. The van der Waals surface area contributed by atoms with E-state index >= 15 is 0 Å². The van der Waals surface area contributed by atoms with E-state index in [9.17, 15) is 4.79 Å². The topological polar surface area (TPSA) is 92.3 Å². The van der Waals surface area contributed by atoms with Gasteiger partial charge in [0.05, 0.1) is 24.1 Å². The number of carbonyl (C=O) groups is 1. The number of aromatic nitrogens is 3. The van der Waals surface area contributed by atoms with Gasteiger partial charge in [0.15, 0.2) is 0 Å². The fraction of sp³-hybridized carbons (Fsp3) is 0.167. The number of carbonyl (C=O) groups excluding carboxylic acids is 1. The van der Waals surface area contributed by atoms with Crippen molar-refractivity contribution in [3.05, 3.63) is 54.5 Å². The van der Waals surface area contributed by atoms with Gasteiger partial charge < -0.3 is 15.2 Å². The van der Waals surface area contributed by atoms with Gasteiger partial charge in [-0.1, -0.05) is 15.9 Å². The van der Waals surface area contributed by atoms with Gasteiger partial charge in [0, 0.05) is 36.4 Å². The molecule has 1 aromatic carbocycles. The zero-order chi connectivity index (χ0) is 18.5. The third-order valence-electron chi connectivity index (χ3n) is 3.52. The molecule has 134 valence electrons. The van der Waals surface area contributed by atoms with Crippen LogP contribution in [0.1, 0.15) is 10.4 Å². The van der Waals surface area contributed by atoms with Crippen LogP contribution in [0.2, 0.25) is 0 Å². The van der Waals surface area contributed by atoms with Crippen LogP contribution in [0.15, 0.2) is 48.9 Å². The molecule has 3 rings (SSSR count). The molecule has 0 radical (unpaired) electrons. The van der Waals surface area contributed by atoms with Gasteiger partial charge in [0.25, 0.3) is 5.91 Å². The molecule has 0 fully saturated rings. The third kappa shape index (κ3) is 4.20. The van der Waals surface area contributed by atoms with Crippen molar-refractivity contribution in [2.45, 2.75) is 0 Å². The van der Waals surface area contributed by atoms with E-state index in [1.807, 2.05) is 13.2 Å². The largest absolute Gasteiger partial charge is 0.492 e. The number of rotatable bonds is 7. The summed E-state index contributed by atoms with van der Waals surface area (Å²) >= 11 is 3.28. The Morgan fingerprint density at radius 1 is 1.27 bits per heavy atom. The highest BCUT2D eigenvalue weighted by Crippen LogP contribution is 2.29. The molecule has 0 bridgehead atoms. The molecule has 2 heterocycles. The fourth-order valence-electron chi connectivity index (χ4n) is 2.36. The summed E-state index contributed by atoms with van der Waals surface area (Å²) in [4.78, 5) is 16.0.